The molecule has 2 N–H and O–H groups in total. The molecule has 2 rings (SSSR count). The Morgan fingerprint density at radius 1 is 1.44 bits per heavy atom. The van der Waals surface area contributed by atoms with Gasteiger partial charge in [-0.2, -0.15) is 0 Å². The number of hydrogen-bond acceptors (Lipinski definition) is 2. The number of carbonyl (C=O) groups excluding carboxylic acids is 1. The molecule has 0 aromatic carbocycles. The van der Waals surface area contributed by atoms with E-state index in [1.165, 1.54) is 19.3 Å². The van der Waals surface area contributed by atoms with Crippen molar-refractivity contribution < 1.29 is 4.79 Å². The first kappa shape index (κ1) is 11.7. The summed E-state index contributed by atoms with van der Waals surface area (Å²) in [6, 6.07) is 0.951. The second-order valence-electron chi connectivity index (χ2n) is 5.35. The minimum Gasteiger partial charge on any atom is -0.333 e. The Bertz CT molecular complexity index is 249. The number of rotatable bonds is 3. The number of hydrogen-bond donors (Lipinski definition) is 2. The van der Waals surface area contributed by atoms with E-state index in [1.54, 1.807) is 0 Å². The van der Waals surface area contributed by atoms with Crippen LogP contribution in [-0.2, 0) is 0 Å². The normalized spacial score (nSPS) is 30.9. The van der Waals surface area contributed by atoms with Crippen molar-refractivity contribution in [1.29, 1.82) is 0 Å². The number of amides is 2. The van der Waals surface area contributed by atoms with E-state index >= 15 is 0 Å². The van der Waals surface area contributed by atoms with E-state index in [9.17, 15) is 4.79 Å². The smallest absolute Gasteiger partial charge is 0.317 e. The van der Waals surface area contributed by atoms with E-state index in [0.29, 0.717) is 18.0 Å². The van der Waals surface area contributed by atoms with Crippen molar-refractivity contribution >= 4 is 6.03 Å². The summed E-state index contributed by atoms with van der Waals surface area (Å²) < 4.78 is 0. The number of piperidine rings is 1. The fraction of sp³-hybridized carbons (Fsp3) is 0.917. The molecule has 2 heterocycles. The molecule has 92 valence electrons. The maximum atomic E-state index is 11.7. The van der Waals surface area contributed by atoms with Crippen LogP contribution in [0.2, 0.25) is 0 Å². The number of nitrogens with zero attached hydrogens (tertiary/aromatic N) is 1. The molecule has 2 amide bonds. The number of carbonyl (C=O) groups is 1. The summed E-state index contributed by atoms with van der Waals surface area (Å²) in [4.78, 5) is 13.7. The standard InChI is InChI=1S/C12H23N3O/c1-9(2)11-8-15(12(16)14-11)7-10-5-3-4-6-13-10/h9-11,13H,3-8H2,1-2H3,(H,14,16). The molecular formula is C12H23N3O. The molecule has 0 radical (unpaired) electrons. The van der Waals surface area contributed by atoms with E-state index in [1.807, 2.05) is 4.90 Å². The second-order valence-corrected chi connectivity index (χ2v) is 5.35. The Kier molecular flexibility index (Phi) is 3.69. The number of nitrogens with one attached hydrogen (secondary N) is 2. The fourth-order valence-electron chi connectivity index (χ4n) is 2.50. The zero-order valence-electron chi connectivity index (χ0n) is 10.3. The third kappa shape index (κ3) is 2.67. The highest BCUT2D eigenvalue weighted by Gasteiger charge is 2.31. The van der Waals surface area contributed by atoms with Gasteiger partial charge in [0.25, 0.3) is 0 Å². The Balaban J connectivity index is 1.83. The molecule has 4 nitrogen and oxygen atoms in total. The van der Waals surface area contributed by atoms with Crippen LogP contribution in [0.4, 0.5) is 4.79 Å². The Morgan fingerprint density at radius 2 is 2.25 bits per heavy atom. The van der Waals surface area contributed by atoms with Crippen LogP contribution in [0, 0.1) is 5.92 Å². The van der Waals surface area contributed by atoms with E-state index in [4.69, 9.17) is 0 Å². The van der Waals surface area contributed by atoms with E-state index in [0.717, 1.165) is 19.6 Å². The molecule has 0 spiro atoms. The van der Waals surface area contributed by atoms with Gasteiger partial charge in [-0.05, 0) is 25.3 Å². The Labute approximate surface area is 97.8 Å². The van der Waals surface area contributed by atoms with Gasteiger partial charge in [-0.25, -0.2) is 4.79 Å². The molecule has 2 fully saturated rings. The first-order chi connectivity index (χ1) is 7.66. The summed E-state index contributed by atoms with van der Waals surface area (Å²) in [6.45, 7) is 7.16. The molecule has 2 saturated heterocycles. The molecule has 2 aliphatic rings. The van der Waals surface area contributed by atoms with E-state index < -0.39 is 0 Å². The zero-order chi connectivity index (χ0) is 11.5. The van der Waals surface area contributed by atoms with Crippen LogP contribution in [-0.4, -0.2) is 42.6 Å². The summed E-state index contributed by atoms with van der Waals surface area (Å²) in [6.07, 6.45) is 3.77. The maximum absolute atomic E-state index is 11.7. The second kappa shape index (κ2) is 5.04. The monoisotopic (exact) mass is 225 g/mol. The van der Waals surface area contributed by atoms with Gasteiger partial charge in [-0.1, -0.05) is 20.3 Å². The predicted molar refractivity (Wildman–Crippen MR) is 64.4 cm³/mol. The Morgan fingerprint density at radius 3 is 2.81 bits per heavy atom. The van der Waals surface area contributed by atoms with Gasteiger partial charge in [-0.15, -0.1) is 0 Å². The largest absolute Gasteiger partial charge is 0.333 e. The maximum Gasteiger partial charge on any atom is 0.317 e. The minimum atomic E-state index is 0.117. The third-order valence-corrected chi connectivity index (χ3v) is 3.67. The highest BCUT2D eigenvalue weighted by molar-refractivity contribution is 5.77. The van der Waals surface area contributed by atoms with Crippen molar-refractivity contribution in [1.82, 2.24) is 15.5 Å². The van der Waals surface area contributed by atoms with Gasteiger partial charge in [-0.3, -0.25) is 0 Å². The lowest BCUT2D eigenvalue weighted by atomic mass is 10.0. The zero-order valence-corrected chi connectivity index (χ0v) is 10.3. The highest BCUT2D eigenvalue weighted by atomic mass is 16.2. The van der Waals surface area contributed by atoms with Crippen LogP contribution < -0.4 is 10.6 Å². The summed E-state index contributed by atoms with van der Waals surface area (Å²) in [7, 11) is 0. The molecule has 0 aliphatic carbocycles. The fourth-order valence-corrected chi connectivity index (χ4v) is 2.50. The SMILES string of the molecule is CC(C)C1CN(CC2CCCCN2)C(=O)N1. The molecule has 2 aliphatic heterocycles. The first-order valence-corrected chi connectivity index (χ1v) is 6.45. The van der Waals surface area contributed by atoms with E-state index in [-0.39, 0.29) is 6.03 Å². The van der Waals surface area contributed by atoms with Crippen LogP contribution in [0.15, 0.2) is 0 Å². The third-order valence-electron chi connectivity index (χ3n) is 3.67. The van der Waals surface area contributed by atoms with Gasteiger partial charge < -0.3 is 15.5 Å². The Hall–Kier alpha value is -0.770. The minimum absolute atomic E-state index is 0.117. The molecule has 4 heteroatoms. The highest BCUT2D eigenvalue weighted by Crippen LogP contribution is 2.14. The lowest BCUT2D eigenvalue weighted by Gasteiger charge is -2.27. The van der Waals surface area contributed by atoms with Gasteiger partial charge in [0, 0.05) is 19.1 Å². The quantitative estimate of drug-likeness (QED) is 0.757. The summed E-state index contributed by atoms with van der Waals surface area (Å²) in [5, 5.41) is 6.54. The van der Waals surface area contributed by atoms with Gasteiger partial charge in [0.15, 0.2) is 0 Å². The van der Waals surface area contributed by atoms with Crippen molar-refractivity contribution in [2.24, 2.45) is 5.92 Å². The lowest BCUT2D eigenvalue weighted by Crippen LogP contribution is -2.44. The molecule has 16 heavy (non-hydrogen) atoms. The van der Waals surface area contributed by atoms with Gasteiger partial charge >= 0.3 is 6.03 Å². The first-order valence-electron chi connectivity index (χ1n) is 6.45. The molecular weight excluding hydrogens is 202 g/mol. The topological polar surface area (TPSA) is 44.4 Å². The average molecular weight is 225 g/mol. The van der Waals surface area contributed by atoms with Crippen molar-refractivity contribution in [3.63, 3.8) is 0 Å². The van der Waals surface area contributed by atoms with E-state index in [2.05, 4.69) is 24.5 Å². The predicted octanol–water partition coefficient (Wildman–Crippen LogP) is 1.18. The molecule has 0 aromatic heterocycles. The summed E-state index contributed by atoms with van der Waals surface area (Å²) in [5.41, 5.74) is 0. The molecule has 0 aromatic rings. The van der Waals surface area contributed by atoms with Crippen molar-refractivity contribution in [3.05, 3.63) is 0 Å². The number of urea groups is 1. The van der Waals surface area contributed by atoms with Crippen LogP contribution in [0.1, 0.15) is 33.1 Å². The van der Waals surface area contributed by atoms with Gasteiger partial charge in [0.2, 0.25) is 0 Å². The van der Waals surface area contributed by atoms with Crippen molar-refractivity contribution in [3.8, 4) is 0 Å². The summed E-state index contributed by atoms with van der Waals surface area (Å²) in [5.74, 6) is 0.522. The van der Waals surface area contributed by atoms with Crippen LogP contribution >= 0.6 is 0 Å². The van der Waals surface area contributed by atoms with Crippen molar-refractivity contribution in [2.45, 2.75) is 45.2 Å². The molecule has 0 bridgehead atoms. The molecule has 0 saturated carbocycles. The average Bonchev–Trinajstić information content (AvgIpc) is 2.62. The molecule has 2 unspecified atom stereocenters. The van der Waals surface area contributed by atoms with Gasteiger partial charge in [0.05, 0.1) is 6.04 Å². The molecule has 2 atom stereocenters. The lowest BCUT2D eigenvalue weighted by molar-refractivity contribution is 0.207. The van der Waals surface area contributed by atoms with Crippen LogP contribution in [0.5, 0.6) is 0 Å². The van der Waals surface area contributed by atoms with Crippen molar-refractivity contribution in [2.75, 3.05) is 19.6 Å². The van der Waals surface area contributed by atoms with Crippen LogP contribution in [0.25, 0.3) is 0 Å². The van der Waals surface area contributed by atoms with Gasteiger partial charge in [0.1, 0.15) is 0 Å². The van der Waals surface area contributed by atoms with Crippen LogP contribution in [0.3, 0.4) is 0 Å². The summed E-state index contributed by atoms with van der Waals surface area (Å²) >= 11 is 0.